The zero-order chi connectivity index (χ0) is 24.6. The Morgan fingerprint density at radius 3 is 2.31 bits per heavy atom. The van der Waals surface area contributed by atoms with Crippen molar-refractivity contribution in [3.05, 3.63) is 83.3 Å². The number of amides is 1. The second-order valence-electron chi connectivity index (χ2n) is 8.31. The monoisotopic (exact) mass is 507 g/mol. The molecule has 0 spiro atoms. The van der Waals surface area contributed by atoms with Gasteiger partial charge in [0.25, 0.3) is 5.91 Å². The smallest absolute Gasteiger partial charge is 0.257 e. The average molecular weight is 508 g/mol. The van der Waals surface area contributed by atoms with E-state index in [0.717, 1.165) is 16.5 Å². The topological polar surface area (TPSA) is 96.4 Å². The summed E-state index contributed by atoms with van der Waals surface area (Å²) in [6.45, 7) is 2.86. The highest BCUT2D eigenvalue weighted by atomic mass is 35.5. The van der Waals surface area contributed by atoms with Crippen molar-refractivity contribution in [1.29, 1.82) is 0 Å². The van der Waals surface area contributed by atoms with E-state index >= 15 is 0 Å². The molecule has 178 valence electrons. The van der Waals surface area contributed by atoms with Crippen LogP contribution in [0.5, 0.6) is 0 Å². The van der Waals surface area contributed by atoms with Crippen LogP contribution in [0.4, 0.5) is 0 Å². The zero-order valence-electron chi connectivity index (χ0n) is 18.9. The molecule has 8 nitrogen and oxygen atoms in total. The largest absolute Gasteiger partial charge is 0.336 e. The molecule has 3 heterocycles. The van der Waals surface area contributed by atoms with E-state index in [2.05, 4.69) is 15.0 Å². The molecule has 1 amide bonds. The van der Waals surface area contributed by atoms with Crippen LogP contribution in [0.2, 0.25) is 5.02 Å². The number of hydrogen-bond acceptors (Lipinski definition) is 6. The first-order valence-electron chi connectivity index (χ1n) is 11.1. The number of carbonyl (C=O) groups is 1. The van der Waals surface area contributed by atoms with Gasteiger partial charge in [-0.15, -0.1) is 0 Å². The number of halogens is 1. The van der Waals surface area contributed by atoms with Crippen molar-refractivity contribution >= 4 is 38.3 Å². The molecule has 0 radical (unpaired) electrons. The molecular weight excluding hydrogens is 486 g/mol. The van der Waals surface area contributed by atoms with Crippen LogP contribution in [-0.4, -0.2) is 64.7 Å². The van der Waals surface area contributed by atoms with Crippen LogP contribution in [0.1, 0.15) is 16.1 Å². The first-order chi connectivity index (χ1) is 16.8. The van der Waals surface area contributed by atoms with Gasteiger partial charge in [-0.3, -0.25) is 4.79 Å². The molecule has 1 aliphatic rings. The normalized spacial score (nSPS) is 14.9. The summed E-state index contributed by atoms with van der Waals surface area (Å²) in [4.78, 5) is 27.8. The lowest BCUT2D eigenvalue weighted by Gasteiger charge is -2.34. The Morgan fingerprint density at radius 1 is 0.914 bits per heavy atom. The van der Waals surface area contributed by atoms with E-state index in [4.69, 9.17) is 11.6 Å². The van der Waals surface area contributed by atoms with Crippen LogP contribution in [0.15, 0.2) is 71.9 Å². The fourth-order valence-electron chi connectivity index (χ4n) is 4.06. The summed E-state index contributed by atoms with van der Waals surface area (Å²) in [5.41, 5.74) is 1.85. The molecule has 2 aromatic carbocycles. The van der Waals surface area contributed by atoms with Crippen molar-refractivity contribution in [2.24, 2.45) is 0 Å². The van der Waals surface area contributed by atoms with Crippen LogP contribution in [0.3, 0.4) is 0 Å². The maximum Gasteiger partial charge on any atom is 0.257 e. The number of hydrogen-bond donors (Lipinski definition) is 0. The summed E-state index contributed by atoms with van der Waals surface area (Å²) in [6, 6.07) is 15.9. The Kier molecular flexibility index (Phi) is 6.22. The van der Waals surface area contributed by atoms with Gasteiger partial charge in [-0.05, 0) is 54.1 Å². The Morgan fingerprint density at radius 2 is 1.60 bits per heavy atom. The number of pyridine rings is 1. The quantitative estimate of drug-likeness (QED) is 0.417. The fraction of sp³-hybridized carbons (Fsp3) is 0.200. The minimum absolute atomic E-state index is 0.207. The number of piperazine rings is 1. The predicted octanol–water partition coefficient (Wildman–Crippen LogP) is 3.80. The molecule has 1 aliphatic heterocycles. The van der Waals surface area contributed by atoms with Gasteiger partial charge >= 0.3 is 0 Å². The highest BCUT2D eigenvalue weighted by Crippen LogP contribution is 2.25. The number of benzene rings is 2. The van der Waals surface area contributed by atoms with Gasteiger partial charge in [-0.25, -0.2) is 23.4 Å². The van der Waals surface area contributed by atoms with E-state index in [1.54, 1.807) is 41.3 Å². The van der Waals surface area contributed by atoms with E-state index in [9.17, 15) is 13.2 Å². The molecule has 0 atom stereocenters. The summed E-state index contributed by atoms with van der Waals surface area (Å²) < 4.78 is 27.8. The number of sulfonamides is 1. The van der Waals surface area contributed by atoms with Crippen LogP contribution in [0.25, 0.3) is 22.3 Å². The second-order valence-corrected chi connectivity index (χ2v) is 10.7. The average Bonchev–Trinajstić information content (AvgIpc) is 2.88. The van der Waals surface area contributed by atoms with Crippen LogP contribution in [0, 0.1) is 6.92 Å². The van der Waals surface area contributed by atoms with Gasteiger partial charge in [0.1, 0.15) is 5.69 Å². The SMILES string of the molecule is Cc1cccc(-c2ncc(C(=O)N3CCN(S(=O)(=O)c4ccc5cc(Cl)ccc5c4)CC3)cn2)n1. The van der Waals surface area contributed by atoms with Crippen molar-refractivity contribution in [2.45, 2.75) is 11.8 Å². The molecule has 4 aromatic rings. The summed E-state index contributed by atoms with van der Waals surface area (Å²) in [5, 5.41) is 2.27. The molecule has 1 fully saturated rings. The zero-order valence-corrected chi connectivity index (χ0v) is 20.5. The molecule has 0 saturated carbocycles. The first-order valence-corrected chi connectivity index (χ1v) is 12.9. The lowest BCUT2D eigenvalue weighted by atomic mass is 10.1. The lowest BCUT2D eigenvalue weighted by molar-refractivity contribution is 0.0697. The second kappa shape index (κ2) is 9.33. The van der Waals surface area contributed by atoms with Crippen molar-refractivity contribution < 1.29 is 13.2 Å². The molecule has 2 aromatic heterocycles. The molecule has 0 N–H and O–H groups in total. The molecule has 0 aliphatic carbocycles. The van der Waals surface area contributed by atoms with Crippen molar-refractivity contribution in [2.75, 3.05) is 26.2 Å². The molecule has 10 heteroatoms. The van der Waals surface area contributed by atoms with E-state index in [1.165, 1.54) is 16.7 Å². The number of nitrogens with zero attached hydrogens (tertiary/aromatic N) is 5. The van der Waals surface area contributed by atoms with Gasteiger partial charge in [0.05, 0.1) is 10.5 Å². The summed E-state index contributed by atoms with van der Waals surface area (Å²) >= 11 is 6.03. The predicted molar refractivity (Wildman–Crippen MR) is 134 cm³/mol. The summed E-state index contributed by atoms with van der Waals surface area (Å²) in [6.07, 6.45) is 2.97. The Balaban J connectivity index is 1.26. The number of fused-ring (bicyclic) bond motifs is 1. The summed E-state index contributed by atoms with van der Waals surface area (Å²) in [7, 11) is -3.69. The van der Waals surface area contributed by atoms with E-state index in [1.807, 2.05) is 25.1 Å². The number of rotatable bonds is 4. The molecule has 0 bridgehead atoms. The third kappa shape index (κ3) is 4.75. The standard InChI is InChI=1S/C25H22ClN5O3S/c1-17-3-2-4-23(29-17)24-27-15-20(16-28-24)25(32)30-9-11-31(12-10-30)35(33,34)22-8-6-18-13-21(26)7-5-19(18)14-22/h2-8,13-16H,9-12H2,1H3. The number of carbonyl (C=O) groups excluding carboxylic acids is 1. The highest BCUT2D eigenvalue weighted by Gasteiger charge is 2.30. The Bertz CT molecular complexity index is 1520. The Hall–Kier alpha value is -3.40. The molecule has 0 unspecified atom stereocenters. The van der Waals surface area contributed by atoms with E-state index in [-0.39, 0.29) is 37.0 Å². The number of aryl methyl sites for hydroxylation is 1. The van der Waals surface area contributed by atoms with Crippen molar-refractivity contribution in [1.82, 2.24) is 24.2 Å². The van der Waals surface area contributed by atoms with Gasteiger partial charge in [0, 0.05) is 49.3 Å². The van der Waals surface area contributed by atoms with Gasteiger partial charge in [-0.2, -0.15) is 4.31 Å². The minimum Gasteiger partial charge on any atom is -0.336 e. The van der Waals surface area contributed by atoms with Gasteiger partial charge in [0.2, 0.25) is 10.0 Å². The molecule has 1 saturated heterocycles. The van der Waals surface area contributed by atoms with Crippen molar-refractivity contribution in [3.63, 3.8) is 0 Å². The van der Waals surface area contributed by atoms with E-state index in [0.29, 0.717) is 22.1 Å². The van der Waals surface area contributed by atoms with Gasteiger partial charge in [-0.1, -0.05) is 29.8 Å². The Labute approximate surface area is 208 Å². The summed E-state index contributed by atoms with van der Waals surface area (Å²) in [5.74, 6) is 0.215. The minimum atomic E-state index is -3.69. The number of aromatic nitrogens is 3. The van der Waals surface area contributed by atoms with Crippen molar-refractivity contribution in [3.8, 4) is 11.5 Å². The maximum atomic E-state index is 13.2. The lowest BCUT2D eigenvalue weighted by Crippen LogP contribution is -2.50. The molecular formula is C25H22ClN5O3S. The molecule has 5 rings (SSSR count). The van der Waals surface area contributed by atoms with Gasteiger partial charge in [0.15, 0.2) is 5.82 Å². The fourth-order valence-corrected chi connectivity index (χ4v) is 5.70. The maximum absolute atomic E-state index is 13.2. The van der Waals surface area contributed by atoms with Crippen LogP contribution < -0.4 is 0 Å². The van der Waals surface area contributed by atoms with Crippen LogP contribution >= 0.6 is 11.6 Å². The first kappa shape index (κ1) is 23.3. The highest BCUT2D eigenvalue weighted by molar-refractivity contribution is 7.89. The third-order valence-corrected chi connectivity index (χ3v) is 8.08. The third-order valence-electron chi connectivity index (χ3n) is 5.95. The molecule has 35 heavy (non-hydrogen) atoms. The van der Waals surface area contributed by atoms with Gasteiger partial charge < -0.3 is 4.90 Å². The van der Waals surface area contributed by atoms with Crippen LogP contribution in [-0.2, 0) is 10.0 Å². The van der Waals surface area contributed by atoms with E-state index < -0.39 is 10.0 Å².